The Hall–Kier alpha value is -1.44. The Morgan fingerprint density at radius 2 is 2.21 bits per heavy atom. The Kier molecular flexibility index (Phi) is 4.68. The van der Waals surface area contributed by atoms with Gasteiger partial charge in [-0.2, -0.15) is 5.10 Å². The first-order chi connectivity index (χ1) is 11.3. The average Bonchev–Trinajstić information content (AvgIpc) is 2.75. The molecule has 1 aromatic heterocycles. The number of aromatic nitrogens is 2. The molecule has 1 atom stereocenters. The van der Waals surface area contributed by atoms with Gasteiger partial charge in [0.1, 0.15) is 11.4 Å². The second kappa shape index (κ2) is 6.46. The average molecular weight is 336 g/mol. The summed E-state index contributed by atoms with van der Waals surface area (Å²) in [5.41, 5.74) is 0.310. The maximum atomic E-state index is 12.5. The zero-order valence-electron chi connectivity index (χ0n) is 15.1. The van der Waals surface area contributed by atoms with Gasteiger partial charge in [-0.05, 0) is 33.6 Å². The van der Waals surface area contributed by atoms with Gasteiger partial charge < -0.3 is 14.8 Å². The summed E-state index contributed by atoms with van der Waals surface area (Å²) in [6.45, 7) is 9.28. The van der Waals surface area contributed by atoms with E-state index < -0.39 is 0 Å². The van der Waals surface area contributed by atoms with E-state index >= 15 is 0 Å². The molecule has 0 radical (unpaired) electrons. The highest BCUT2D eigenvalue weighted by Crippen LogP contribution is 2.34. The van der Waals surface area contributed by atoms with Crippen molar-refractivity contribution >= 4 is 11.7 Å². The Labute approximate surface area is 143 Å². The maximum absolute atomic E-state index is 12.5. The first-order valence-corrected chi connectivity index (χ1v) is 8.58. The third-order valence-electron chi connectivity index (χ3n) is 4.53. The van der Waals surface area contributed by atoms with Crippen molar-refractivity contribution in [3.8, 4) is 0 Å². The van der Waals surface area contributed by atoms with E-state index in [0.29, 0.717) is 13.2 Å². The molecule has 7 heteroatoms. The van der Waals surface area contributed by atoms with Crippen LogP contribution in [0.2, 0.25) is 0 Å². The first kappa shape index (κ1) is 17.4. The molecule has 1 spiro atoms. The molecule has 2 aliphatic rings. The minimum Gasteiger partial charge on any atom is -0.378 e. The number of hydrogen-bond donors (Lipinski definition) is 1. The molecule has 0 saturated carbocycles. The van der Waals surface area contributed by atoms with Crippen LogP contribution in [0.4, 0.5) is 5.82 Å². The lowest BCUT2D eigenvalue weighted by Crippen LogP contribution is -2.63. The molecule has 7 nitrogen and oxygen atoms in total. The van der Waals surface area contributed by atoms with Crippen molar-refractivity contribution in [3.63, 3.8) is 0 Å². The fraction of sp³-hybridized carbons (Fsp3) is 0.765. The lowest BCUT2D eigenvalue weighted by molar-refractivity contribution is -0.232. The van der Waals surface area contributed by atoms with Gasteiger partial charge in [-0.15, -0.1) is 0 Å². The van der Waals surface area contributed by atoms with Crippen molar-refractivity contribution in [2.45, 2.75) is 44.8 Å². The van der Waals surface area contributed by atoms with E-state index in [1.165, 1.54) is 0 Å². The number of anilines is 1. The van der Waals surface area contributed by atoms with Crippen LogP contribution in [0.5, 0.6) is 0 Å². The van der Waals surface area contributed by atoms with Crippen LogP contribution in [0.15, 0.2) is 6.07 Å². The molecule has 134 valence electrons. The quantitative estimate of drug-likeness (QED) is 0.902. The predicted octanol–water partition coefficient (Wildman–Crippen LogP) is 1.33. The number of nitrogens with zero attached hydrogens (tertiary/aromatic N) is 3. The van der Waals surface area contributed by atoms with Crippen molar-refractivity contribution in [2.75, 3.05) is 38.2 Å². The number of carbonyl (C=O) groups is 1. The lowest BCUT2D eigenvalue weighted by atomic mass is 9.90. The van der Waals surface area contributed by atoms with E-state index in [-0.39, 0.29) is 17.1 Å². The van der Waals surface area contributed by atoms with Gasteiger partial charge in [-0.3, -0.25) is 14.4 Å². The van der Waals surface area contributed by atoms with Crippen LogP contribution in [-0.4, -0.2) is 64.6 Å². The molecule has 1 aromatic rings. The Morgan fingerprint density at radius 3 is 2.83 bits per heavy atom. The van der Waals surface area contributed by atoms with Gasteiger partial charge in [0, 0.05) is 32.8 Å². The first-order valence-electron chi connectivity index (χ1n) is 8.58. The Balaban J connectivity index is 1.64. The van der Waals surface area contributed by atoms with E-state index in [9.17, 15) is 4.79 Å². The highest BCUT2D eigenvalue weighted by Gasteiger charge is 2.45. The minimum absolute atomic E-state index is 0.0254. The zero-order valence-corrected chi connectivity index (χ0v) is 15.1. The molecule has 1 N–H and O–H groups in total. The molecule has 3 rings (SSSR count). The fourth-order valence-corrected chi connectivity index (χ4v) is 3.91. The molecule has 2 saturated heterocycles. The summed E-state index contributed by atoms with van der Waals surface area (Å²) in [5.74, 6) is 0.698. The SMILES string of the molecule is Cc1cc(NC(=O)CN2CC(C)(C)OC3(CCCOC3)C2)n(C)n1. The van der Waals surface area contributed by atoms with Crippen molar-refractivity contribution in [2.24, 2.45) is 7.05 Å². The second-order valence-electron chi connectivity index (χ2n) is 7.69. The van der Waals surface area contributed by atoms with E-state index in [1.54, 1.807) is 4.68 Å². The molecule has 2 aliphatic heterocycles. The van der Waals surface area contributed by atoms with Crippen molar-refractivity contribution in [3.05, 3.63) is 11.8 Å². The van der Waals surface area contributed by atoms with Gasteiger partial charge in [0.25, 0.3) is 0 Å². The summed E-state index contributed by atoms with van der Waals surface area (Å²) < 4.78 is 13.7. The number of ether oxygens (including phenoxy) is 2. The monoisotopic (exact) mass is 336 g/mol. The molecular formula is C17H28N4O3. The zero-order chi connectivity index (χ0) is 17.4. The molecule has 0 aromatic carbocycles. The number of amides is 1. The van der Waals surface area contributed by atoms with E-state index in [2.05, 4.69) is 29.2 Å². The van der Waals surface area contributed by atoms with Crippen LogP contribution in [0.25, 0.3) is 0 Å². The summed E-state index contributed by atoms with van der Waals surface area (Å²) in [6, 6.07) is 1.87. The summed E-state index contributed by atoms with van der Waals surface area (Å²) in [5, 5.41) is 7.20. The molecule has 2 fully saturated rings. The topological polar surface area (TPSA) is 68.6 Å². The highest BCUT2D eigenvalue weighted by molar-refractivity contribution is 5.91. The van der Waals surface area contributed by atoms with Crippen LogP contribution in [0, 0.1) is 6.92 Å². The molecule has 24 heavy (non-hydrogen) atoms. The van der Waals surface area contributed by atoms with Crippen molar-refractivity contribution in [1.82, 2.24) is 14.7 Å². The van der Waals surface area contributed by atoms with Crippen molar-refractivity contribution < 1.29 is 14.3 Å². The number of hydrogen-bond acceptors (Lipinski definition) is 5. The normalized spacial score (nSPS) is 27.3. The van der Waals surface area contributed by atoms with Crippen LogP contribution in [-0.2, 0) is 21.3 Å². The van der Waals surface area contributed by atoms with Gasteiger partial charge in [0.2, 0.25) is 5.91 Å². The van der Waals surface area contributed by atoms with E-state index in [1.807, 2.05) is 20.0 Å². The molecular weight excluding hydrogens is 308 g/mol. The lowest BCUT2D eigenvalue weighted by Gasteiger charge is -2.51. The van der Waals surface area contributed by atoms with E-state index in [0.717, 1.165) is 44.0 Å². The Bertz CT molecular complexity index is 605. The smallest absolute Gasteiger partial charge is 0.239 e. The van der Waals surface area contributed by atoms with Crippen molar-refractivity contribution in [1.29, 1.82) is 0 Å². The summed E-state index contributed by atoms with van der Waals surface area (Å²) in [4.78, 5) is 14.6. The number of nitrogens with one attached hydrogen (secondary N) is 1. The van der Waals surface area contributed by atoms with Crippen LogP contribution < -0.4 is 5.32 Å². The maximum Gasteiger partial charge on any atom is 0.239 e. The van der Waals surface area contributed by atoms with Gasteiger partial charge >= 0.3 is 0 Å². The Morgan fingerprint density at radius 1 is 1.42 bits per heavy atom. The molecule has 1 unspecified atom stereocenters. The van der Waals surface area contributed by atoms with E-state index in [4.69, 9.17) is 9.47 Å². The van der Waals surface area contributed by atoms with Gasteiger partial charge in [0.05, 0.1) is 24.4 Å². The number of aryl methyl sites for hydroxylation is 2. The predicted molar refractivity (Wildman–Crippen MR) is 91.0 cm³/mol. The van der Waals surface area contributed by atoms with Gasteiger partial charge in [-0.1, -0.05) is 0 Å². The molecule has 3 heterocycles. The standard InChI is InChI=1S/C17H28N4O3/c1-13-8-14(20(4)19-13)18-15(22)9-21-10-16(2,3)24-17(11-21)6-5-7-23-12-17/h8H,5-7,9-12H2,1-4H3,(H,18,22). The third kappa shape index (κ3) is 3.96. The molecule has 0 aliphatic carbocycles. The van der Waals surface area contributed by atoms with Crippen LogP contribution in [0.1, 0.15) is 32.4 Å². The summed E-state index contributed by atoms with van der Waals surface area (Å²) >= 11 is 0. The second-order valence-corrected chi connectivity index (χ2v) is 7.69. The third-order valence-corrected chi connectivity index (χ3v) is 4.53. The van der Waals surface area contributed by atoms with Crippen LogP contribution in [0.3, 0.4) is 0 Å². The number of morpholine rings is 1. The fourth-order valence-electron chi connectivity index (χ4n) is 3.91. The number of carbonyl (C=O) groups excluding carboxylic acids is 1. The van der Waals surface area contributed by atoms with Gasteiger partial charge in [-0.25, -0.2) is 0 Å². The highest BCUT2D eigenvalue weighted by atomic mass is 16.6. The molecule has 1 amide bonds. The van der Waals surface area contributed by atoms with Crippen LogP contribution >= 0.6 is 0 Å². The summed E-state index contributed by atoms with van der Waals surface area (Å²) in [7, 11) is 1.83. The molecule has 0 bridgehead atoms. The van der Waals surface area contributed by atoms with Gasteiger partial charge in [0.15, 0.2) is 0 Å². The largest absolute Gasteiger partial charge is 0.378 e. The number of rotatable bonds is 3. The minimum atomic E-state index is -0.289. The summed E-state index contributed by atoms with van der Waals surface area (Å²) in [6.07, 6.45) is 1.99.